The number of carbonyl (C=O) groups excluding carboxylic acids is 1. The van der Waals surface area contributed by atoms with Gasteiger partial charge in [0.15, 0.2) is 5.69 Å². The van der Waals surface area contributed by atoms with Crippen molar-refractivity contribution in [2.75, 3.05) is 12.8 Å². The van der Waals surface area contributed by atoms with Crippen LogP contribution in [0.1, 0.15) is 10.5 Å². The number of methoxy groups -OCH3 is 1. The molecular weight excluding hydrogens is 243 g/mol. The molecule has 0 atom stereocenters. The second-order valence-corrected chi connectivity index (χ2v) is 4.12. The molecule has 0 aliphatic carbocycles. The van der Waals surface area contributed by atoms with Crippen LogP contribution in [0, 0.1) is 5.82 Å². The lowest BCUT2D eigenvalue weighted by molar-refractivity contribution is 0.0595. The molecule has 0 amide bonds. The van der Waals surface area contributed by atoms with E-state index in [1.165, 1.54) is 36.6 Å². The molecule has 6 heteroatoms. The van der Waals surface area contributed by atoms with Gasteiger partial charge in [-0.15, -0.1) is 11.3 Å². The maximum Gasteiger partial charge on any atom is 0.357 e. The third-order valence-electron chi connectivity index (χ3n) is 2.14. The quantitative estimate of drug-likeness (QED) is 0.658. The normalized spacial score (nSPS) is 10.2. The van der Waals surface area contributed by atoms with Crippen molar-refractivity contribution < 1.29 is 13.9 Å². The second-order valence-electron chi connectivity index (χ2n) is 3.26. The molecule has 0 aliphatic heterocycles. The van der Waals surface area contributed by atoms with Gasteiger partial charge in [-0.1, -0.05) is 0 Å². The minimum atomic E-state index is -0.506. The van der Waals surface area contributed by atoms with Crippen LogP contribution >= 0.6 is 11.3 Å². The number of hydrogen-bond acceptors (Lipinski definition) is 5. The molecule has 2 aromatic rings. The summed E-state index contributed by atoms with van der Waals surface area (Å²) in [6.45, 7) is 0. The third kappa shape index (κ3) is 2.26. The molecule has 1 aromatic heterocycles. The van der Waals surface area contributed by atoms with E-state index in [-0.39, 0.29) is 11.4 Å². The highest BCUT2D eigenvalue weighted by molar-refractivity contribution is 7.13. The van der Waals surface area contributed by atoms with E-state index in [0.717, 1.165) is 0 Å². The molecule has 0 radical (unpaired) electrons. The monoisotopic (exact) mass is 252 g/mol. The first-order chi connectivity index (χ1) is 8.11. The van der Waals surface area contributed by atoms with Crippen LogP contribution in [0.15, 0.2) is 23.6 Å². The molecular formula is C11H9FN2O2S. The number of benzene rings is 1. The first-order valence-corrected chi connectivity index (χ1v) is 5.59. The molecule has 2 N–H and O–H groups in total. The topological polar surface area (TPSA) is 65.2 Å². The summed E-state index contributed by atoms with van der Waals surface area (Å²) in [5, 5.41) is 2.13. The molecule has 1 aromatic carbocycles. The average Bonchev–Trinajstić information content (AvgIpc) is 2.77. The Bertz CT molecular complexity index is 568. The van der Waals surface area contributed by atoms with Gasteiger partial charge in [0, 0.05) is 16.6 Å². The van der Waals surface area contributed by atoms with Crippen LogP contribution < -0.4 is 5.73 Å². The van der Waals surface area contributed by atoms with Crippen LogP contribution in [-0.4, -0.2) is 18.1 Å². The van der Waals surface area contributed by atoms with Gasteiger partial charge >= 0.3 is 5.97 Å². The molecule has 0 aliphatic rings. The fourth-order valence-corrected chi connectivity index (χ4v) is 2.16. The van der Waals surface area contributed by atoms with E-state index >= 15 is 0 Å². The Morgan fingerprint density at radius 2 is 2.29 bits per heavy atom. The lowest BCUT2D eigenvalue weighted by Gasteiger charge is -2.01. The Labute approximate surface area is 101 Å². The van der Waals surface area contributed by atoms with Crippen LogP contribution in [0.3, 0.4) is 0 Å². The van der Waals surface area contributed by atoms with E-state index in [2.05, 4.69) is 9.72 Å². The molecule has 0 saturated heterocycles. The number of nitrogen functional groups attached to an aromatic ring is 1. The first-order valence-electron chi connectivity index (χ1n) is 4.71. The number of hydrogen-bond donors (Lipinski definition) is 1. The summed E-state index contributed by atoms with van der Waals surface area (Å²) in [5.74, 6) is -0.913. The van der Waals surface area contributed by atoms with E-state index in [0.29, 0.717) is 10.6 Å². The third-order valence-corrected chi connectivity index (χ3v) is 3.02. The highest BCUT2D eigenvalue weighted by Gasteiger charge is 2.13. The van der Waals surface area contributed by atoms with Gasteiger partial charge in [0.05, 0.1) is 7.11 Å². The maximum atomic E-state index is 12.9. The van der Waals surface area contributed by atoms with Gasteiger partial charge < -0.3 is 10.5 Å². The molecule has 0 fully saturated rings. The van der Waals surface area contributed by atoms with Gasteiger partial charge in [-0.2, -0.15) is 0 Å². The molecule has 0 spiro atoms. The SMILES string of the molecule is COC(=O)c1csc(-c2ccc(F)cc2N)n1. The van der Waals surface area contributed by atoms with Gasteiger partial charge in [0.1, 0.15) is 10.8 Å². The van der Waals surface area contributed by atoms with E-state index in [1.807, 2.05) is 0 Å². The van der Waals surface area contributed by atoms with Crippen molar-refractivity contribution in [3.05, 3.63) is 35.1 Å². The van der Waals surface area contributed by atoms with Crippen LogP contribution in [0.5, 0.6) is 0 Å². The number of ether oxygens (including phenoxy) is 1. The Morgan fingerprint density at radius 1 is 1.53 bits per heavy atom. The number of carbonyl (C=O) groups is 1. The summed E-state index contributed by atoms with van der Waals surface area (Å²) in [4.78, 5) is 15.3. The van der Waals surface area contributed by atoms with Gasteiger partial charge in [-0.3, -0.25) is 0 Å². The van der Waals surface area contributed by atoms with Crippen LogP contribution in [0.25, 0.3) is 10.6 Å². The lowest BCUT2D eigenvalue weighted by Crippen LogP contribution is -2.01. The summed E-state index contributed by atoms with van der Waals surface area (Å²) in [5.41, 5.74) is 6.79. The Morgan fingerprint density at radius 3 is 2.94 bits per heavy atom. The standard InChI is InChI=1S/C11H9FN2O2S/c1-16-11(15)9-5-17-10(14-9)7-3-2-6(12)4-8(7)13/h2-5H,13H2,1H3. The van der Waals surface area contributed by atoms with Crippen molar-refractivity contribution in [1.82, 2.24) is 4.98 Å². The first kappa shape index (κ1) is 11.5. The number of esters is 1. The fourth-order valence-electron chi connectivity index (χ4n) is 1.32. The minimum absolute atomic E-state index is 0.219. The highest BCUT2D eigenvalue weighted by atomic mass is 32.1. The number of thiazole rings is 1. The van der Waals surface area contributed by atoms with Crippen molar-refractivity contribution in [3.8, 4) is 10.6 Å². The predicted molar refractivity (Wildman–Crippen MR) is 63.3 cm³/mol. The van der Waals surface area contributed by atoms with Gasteiger partial charge in [-0.25, -0.2) is 14.2 Å². The van der Waals surface area contributed by atoms with Crippen LogP contribution in [-0.2, 0) is 4.74 Å². The largest absolute Gasteiger partial charge is 0.464 e. The Hall–Kier alpha value is -1.95. The number of nitrogens with two attached hydrogens (primary N) is 1. The van der Waals surface area contributed by atoms with Crippen molar-refractivity contribution in [1.29, 1.82) is 0 Å². The summed E-state index contributed by atoms with van der Waals surface area (Å²) >= 11 is 1.25. The average molecular weight is 252 g/mol. The molecule has 2 rings (SSSR count). The zero-order chi connectivity index (χ0) is 12.4. The summed E-state index contributed by atoms with van der Waals surface area (Å²) in [6, 6.07) is 4.05. The van der Waals surface area contributed by atoms with E-state index < -0.39 is 11.8 Å². The molecule has 88 valence electrons. The van der Waals surface area contributed by atoms with Crippen LogP contribution in [0.4, 0.5) is 10.1 Å². The maximum absolute atomic E-state index is 12.9. The zero-order valence-corrected chi connectivity index (χ0v) is 9.75. The number of rotatable bonds is 2. The molecule has 4 nitrogen and oxygen atoms in total. The van der Waals surface area contributed by atoms with E-state index in [1.54, 1.807) is 5.38 Å². The number of anilines is 1. The van der Waals surface area contributed by atoms with Gasteiger partial charge in [0.25, 0.3) is 0 Å². The molecule has 0 saturated carbocycles. The van der Waals surface area contributed by atoms with Crippen molar-refractivity contribution in [2.45, 2.75) is 0 Å². The fraction of sp³-hybridized carbons (Fsp3) is 0.0909. The summed E-state index contributed by atoms with van der Waals surface area (Å²) < 4.78 is 17.4. The van der Waals surface area contributed by atoms with E-state index in [9.17, 15) is 9.18 Å². The number of aromatic nitrogens is 1. The zero-order valence-electron chi connectivity index (χ0n) is 8.94. The smallest absolute Gasteiger partial charge is 0.357 e. The number of nitrogens with zero attached hydrogens (tertiary/aromatic N) is 1. The predicted octanol–water partition coefficient (Wildman–Crippen LogP) is 2.32. The lowest BCUT2D eigenvalue weighted by atomic mass is 10.2. The van der Waals surface area contributed by atoms with Crippen molar-refractivity contribution in [2.24, 2.45) is 0 Å². The number of halogens is 1. The van der Waals surface area contributed by atoms with Crippen molar-refractivity contribution >= 4 is 23.0 Å². The molecule has 0 bridgehead atoms. The summed E-state index contributed by atoms with van der Waals surface area (Å²) in [7, 11) is 1.29. The summed E-state index contributed by atoms with van der Waals surface area (Å²) in [6.07, 6.45) is 0. The van der Waals surface area contributed by atoms with Crippen molar-refractivity contribution in [3.63, 3.8) is 0 Å². The van der Waals surface area contributed by atoms with Gasteiger partial charge in [-0.05, 0) is 18.2 Å². The molecule has 1 heterocycles. The molecule has 0 unspecified atom stereocenters. The van der Waals surface area contributed by atoms with Gasteiger partial charge in [0.2, 0.25) is 0 Å². The van der Waals surface area contributed by atoms with E-state index in [4.69, 9.17) is 5.73 Å². The molecule has 17 heavy (non-hydrogen) atoms. The highest BCUT2D eigenvalue weighted by Crippen LogP contribution is 2.29. The second kappa shape index (κ2) is 4.50. The van der Waals surface area contributed by atoms with Crippen LogP contribution in [0.2, 0.25) is 0 Å². The Balaban J connectivity index is 2.40. The minimum Gasteiger partial charge on any atom is -0.464 e. The Kier molecular flexibility index (Phi) is 3.06.